The molecule has 7 heteroatoms. The number of ether oxygens (including phenoxy) is 1. The molecule has 0 saturated carbocycles. The number of amides is 2. The lowest BCUT2D eigenvalue weighted by Gasteiger charge is -2.22. The number of carbonyl (C=O) groups is 2. The molecule has 1 N–H and O–H groups in total. The molecule has 1 aliphatic rings. The highest BCUT2D eigenvalue weighted by atomic mass is 35.5. The maximum Gasteiger partial charge on any atom is 0.234 e. The average molecular weight is 458 g/mol. The third kappa shape index (κ3) is 7.24. The van der Waals surface area contributed by atoms with Gasteiger partial charge in [0.2, 0.25) is 11.8 Å². The molecule has 1 fully saturated rings. The summed E-state index contributed by atoms with van der Waals surface area (Å²) in [5.41, 5.74) is 2.15. The molecule has 0 aromatic heterocycles. The molecule has 0 aliphatic carbocycles. The number of nitrogens with zero attached hydrogens (tertiary/aromatic N) is 2. The number of hydrogen-bond acceptors (Lipinski definition) is 4. The third-order valence-electron chi connectivity index (χ3n) is 5.84. The zero-order chi connectivity index (χ0) is 22.9. The zero-order valence-electron chi connectivity index (χ0n) is 18.9. The van der Waals surface area contributed by atoms with E-state index in [-0.39, 0.29) is 17.9 Å². The van der Waals surface area contributed by atoms with Gasteiger partial charge in [0.15, 0.2) is 0 Å². The van der Waals surface area contributed by atoms with Gasteiger partial charge in [0.1, 0.15) is 5.75 Å². The summed E-state index contributed by atoms with van der Waals surface area (Å²) in [5, 5.41) is 3.73. The van der Waals surface area contributed by atoms with E-state index in [4.69, 9.17) is 16.3 Å². The molecule has 1 heterocycles. The van der Waals surface area contributed by atoms with Crippen molar-refractivity contribution in [2.45, 2.75) is 32.2 Å². The number of rotatable bonds is 8. The number of benzene rings is 2. The molecule has 2 amide bonds. The first-order valence-electron chi connectivity index (χ1n) is 11.1. The topological polar surface area (TPSA) is 61.9 Å². The predicted molar refractivity (Wildman–Crippen MR) is 127 cm³/mol. The molecule has 2 aromatic rings. The Balaban J connectivity index is 1.42. The van der Waals surface area contributed by atoms with Gasteiger partial charge in [-0.05, 0) is 55.2 Å². The van der Waals surface area contributed by atoms with Crippen LogP contribution in [0, 0.1) is 0 Å². The first kappa shape index (κ1) is 24.1. The lowest BCUT2D eigenvalue weighted by molar-refractivity contribution is -0.131. The third-order valence-corrected chi connectivity index (χ3v) is 6.09. The maximum absolute atomic E-state index is 12.7. The maximum atomic E-state index is 12.7. The van der Waals surface area contributed by atoms with E-state index >= 15 is 0 Å². The van der Waals surface area contributed by atoms with Crippen LogP contribution in [0.4, 0.5) is 0 Å². The second-order valence-electron chi connectivity index (χ2n) is 8.20. The summed E-state index contributed by atoms with van der Waals surface area (Å²) in [6.07, 6.45) is 2.08. The van der Waals surface area contributed by atoms with Crippen LogP contribution in [0.15, 0.2) is 48.5 Å². The minimum Gasteiger partial charge on any atom is -0.497 e. The van der Waals surface area contributed by atoms with Crippen molar-refractivity contribution in [2.24, 2.45) is 0 Å². The average Bonchev–Trinajstić information content (AvgIpc) is 3.03. The van der Waals surface area contributed by atoms with E-state index in [2.05, 4.69) is 10.2 Å². The van der Waals surface area contributed by atoms with Gasteiger partial charge < -0.3 is 15.0 Å². The van der Waals surface area contributed by atoms with E-state index in [9.17, 15) is 9.59 Å². The van der Waals surface area contributed by atoms with Crippen molar-refractivity contribution in [1.82, 2.24) is 15.1 Å². The van der Waals surface area contributed by atoms with Crippen molar-refractivity contribution in [3.8, 4) is 5.75 Å². The highest BCUT2D eigenvalue weighted by Crippen LogP contribution is 2.16. The number of hydrogen-bond donors (Lipinski definition) is 1. The Hall–Kier alpha value is -2.57. The monoisotopic (exact) mass is 457 g/mol. The SMILES string of the molecule is COc1ccc(CCC(=O)N2CCCN(CC(=O)NC(C)c3ccc(Cl)cc3)CC2)cc1. The van der Waals surface area contributed by atoms with Crippen molar-refractivity contribution in [1.29, 1.82) is 0 Å². The van der Waals surface area contributed by atoms with Crippen molar-refractivity contribution in [3.05, 3.63) is 64.7 Å². The Kier molecular flexibility index (Phi) is 8.94. The summed E-state index contributed by atoms with van der Waals surface area (Å²) < 4.78 is 5.18. The Bertz CT molecular complexity index is 886. The first-order chi connectivity index (χ1) is 15.4. The molecule has 0 bridgehead atoms. The summed E-state index contributed by atoms with van der Waals surface area (Å²) in [6.45, 7) is 5.21. The van der Waals surface area contributed by atoms with Gasteiger partial charge in [0.05, 0.1) is 19.7 Å². The molecule has 6 nitrogen and oxygen atoms in total. The molecule has 2 aromatic carbocycles. The second-order valence-corrected chi connectivity index (χ2v) is 8.64. The largest absolute Gasteiger partial charge is 0.497 e. The van der Waals surface area contributed by atoms with Crippen LogP contribution >= 0.6 is 11.6 Å². The van der Waals surface area contributed by atoms with Crippen molar-refractivity contribution in [2.75, 3.05) is 39.8 Å². The van der Waals surface area contributed by atoms with E-state index in [1.165, 1.54) is 0 Å². The number of halogens is 1. The highest BCUT2D eigenvalue weighted by Gasteiger charge is 2.21. The molecule has 1 unspecified atom stereocenters. The number of aryl methyl sites for hydroxylation is 1. The molecule has 1 saturated heterocycles. The van der Waals surface area contributed by atoms with Gasteiger partial charge in [-0.3, -0.25) is 14.5 Å². The number of methoxy groups -OCH3 is 1. The summed E-state index contributed by atoms with van der Waals surface area (Å²) in [5.74, 6) is 0.981. The molecule has 0 spiro atoms. The van der Waals surface area contributed by atoms with Gasteiger partial charge in [-0.2, -0.15) is 0 Å². The molecule has 172 valence electrons. The Morgan fingerprint density at radius 2 is 1.75 bits per heavy atom. The Morgan fingerprint density at radius 1 is 1.03 bits per heavy atom. The van der Waals surface area contributed by atoms with E-state index in [1.807, 2.05) is 60.4 Å². The minimum absolute atomic E-state index is 0.00766. The zero-order valence-corrected chi connectivity index (χ0v) is 19.6. The van der Waals surface area contributed by atoms with E-state index < -0.39 is 0 Å². The van der Waals surface area contributed by atoms with E-state index in [1.54, 1.807) is 7.11 Å². The van der Waals surface area contributed by atoms with E-state index in [0.717, 1.165) is 36.4 Å². The van der Waals surface area contributed by atoms with Gasteiger partial charge in [-0.1, -0.05) is 35.9 Å². The van der Waals surface area contributed by atoms with Crippen LogP contribution in [-0.4, -0.2) is 61.4 Å². The van der Waals surface area contributed by atoms with Crippen molar-refractivity contribution < 1.29 is 14.3 Å². The molecule has 3 rings (SSSR count). The van der Waals surface area contributed by atoms with Crippen LogP contribution in [0.5, 0.6) is 5.75 Å². The van der Waals surface area contributed by atoms with Crippen molar-refractivity contribution >= 4 is 23.4 Å². The van der Waals surface area contributed by atoms with Gasteiger partial charge >= 0.3 is 0 Å². The predicted octanol–water partition coefficient (Wildman–Crippen LogP) is 3.69. The number of nitrogens with one attached hydrogen (secondary N) is 1. The molecule has 1 aliphatic heterocycles. The van der Waals surface area contributed by atoms with Crippen LogP contribution in [0.3, 0.4) is 0 Å². The summed E-state index contributed by atoms with van der Waals surface area (Å²) in [7, 11) is 1.64. The minimum atomic E-state index is -0.0808. The standard InChI is InChI=1S/C25H32ClN3O3/c1-19(21-7-9-22(26)10-8-21)27-24(30)18-28-14-3-15-29(17-16-28)25(31)13-6-20-4-11-23(32-2)12-5-20/h4-5,7-12,19H,3,6,13-18H2,1-2H3,(H,27,30). The normalized spacial score (nSPS) is 15.7. The second kappa shape index (κ2) is 11.9. The van der Waals surface area contributed by atoms with Crippen LogP contribution in [0.1, 0.15) is 36.9 Å². The van der Waals surface area contributed by atoms with Crippen LogP contribution in [-0.2, 0) is 16.0 Å². The van der Waals surface area contributed by atoms with Crippen LogP contribution in [0.25, 0.3) is 0 Å². The van der Waals surface area contributed by atoms with Gasteiger partial charge in [0.25, 0.3) is 0 Å². The quantitative estimate of drug-likeness (QED) is 0.656. The summed E-state index contributed by atoms with van der Waals surface area (Å²) in [4.78, 5) is 29.3. The lowest BCUT2D eigenvalue weighted by Crippen LogP contribution is -2.40. The molecular formula is C25H32ClN3O3. The van der Waals surface area contributed by atoms with E-state index in [0.29, 0.717) is 37.5 Å². The van der Waals surface area contributed by atoms with Gasteiger partial charge in [0, 0.05) is 37.6 Å². The smallest absolute Gasteiger partial charge is 0.234 e. The molecule has 32 heavy (non-hydrogen) atoms. The fourth-order valence-corrected chi connectivity index (χ4v) is 4.03. The Labute approximate surface area is 195 Å². The molecular weight excluding hydrogens is 426 g/mol. The van der Waals surface area contributed by atoms with Crippen LogP contribution < -0.4 is 10.1 Å². The van der Waals surface area contributed by atoms with Gasteiger partial charge in [-0.15, -0.1) is 0 Å². The van der Waals surface area contributed by atoms with Crippen LogP contribution in [0.2, 0.25) is 5.02 Å². The summed E-state index contributed by atoms with van der Waals surface area (Å²) in [6, 6.07) is 15.3. The highest BCUT2D eigenvalue weighted by molar-refractivity contribution is 6.30. The van der Waals surface area contributed by atoms with Gasteiger partial charge in [-0.25, -0.2) is 0 Å². The Morgan fingerprint density at radius 3 is 2.44 bits per heavy atom. The first-order valence-corrected chi connectivity index (χ1v) is 11.5. The lowest BCUT2D eigenvalue weighted by atomic mass is 10.1. The van der Waals surface area contributed by atoms with Crippen molar-refractivity contribution in [3.63, 3.8) is 0 Å². The fourth-order valence-electron chi connectivity index (χ4n) is 3.91. The molecule has 1 atom stereocenters. The summed E-state index contributed by atoms with van der Waals surface area (Å²) >= 11 is 5.94. The molecule has 0 radical (unpaired) electrons. The fraction of sp³-hybridized carbons (Fsp3) is 0.440. The number of carbonyl (C=O) groups excluding carboxylic acids is 2.